The third kappa shape index (κ3) is 18.4. The number of carbonyl (C=O) groups is 5. The number of primary amides is 1. The van der Waals surface area contributed by atoms with Crippen molar-refractivity contribution in [1.29, 1.82) is 0 Å². The van der Waals surface area contributed by atoms with Crippen LogP contribution >= 0.6 is 0 Å². The molecule has 1 unspecified atom stereocenters. The Bertz CT molecular complexity index is 4800. The highest BCUT2D eigenvalue weighted by Crippen LogP contribution is 2.36. The average Bonchev–Trinajstić information content (AvgIpc) is 1.62. The molecule has 10 heterocycles. The number of aryl methyl sites for hydroxylation is 1. The lowest BCUT2D eigenvalue weighted by molar-refractivity contribution is -0.119. The first kappa shape index (κ1) is 75.8. The van der Waals surface area contributed by atoms with E-state index in [2.05, 4.69) is 55.7 Å². The number of aliphatic hydroxyl groups excluding tert-OH is 2. The summed E-state index contributed by atoms with van der Waals surface area (Å²) in [5, 5.41) is 19.6. The summed E-state index contributed by atoms with van der Waals surface area (Å²) >= 11 is 0. The fourth-order valence-electron chi connectivity index (χ4n) is 15.2. The van der Waals surface area contributed by atoms with E-state index >= 15 is 0 Å². The van der Waals surface area contributed by atoms with Crippen LogP contribution in [0.2, 0.25) is 0 Å². The number of aromatic nitrogens is 6. The second kappa shape index (κ2) is 35.4. The van der Waals surface area contributed by atoms with Crippen molar-refractivity contribution in [2.24, 2.45) is 5.73 Å². The number of pyridine rings is 3. The molecule has 0 saturated carbocycles. The van der Waals surface area contributed by atoms with Crippen molar-refractivity contribution in [3.63, 3.8) is 0 Å². The molecule has 4 saturated heterocycles. The standard InChI is InChI=1S/C31H34N4O3.C27H31N5O.C26H29N5O3/c1-4-5-6-7-8-26(36)14-9-23-19-28-31(33-20-23)30(29(38)21-34-17-15-27(37)16-18-34)22(2)35(28)25-12-10-24(32-3)11-13-25;1-20-26(25(33)19-31-12-4-3-5-13-31)27-24(32(20)23-10-8-22(28-2)9-11-23)16-21(17-29-27)18-30-14-6-7-15-30;1-16(12-24(27)34)18-13-22-26(29-14-18)25(23(33)15-30-10-8-21(32)9-11-30)17(2)31(22)20-6-4-19(28-3)5-7-20/h1,10-13,19-20,27,37H,5-9,14-18,21H2,2H3;8-11,16-17H,3-7,12-15,18-19H2,1H3;4-7,13-14,16,21,32H,8-12,15H2,1-2H3,(H2,27,34). The highest BCUT2D eigenvalue weighted by molar-refractivity contribution is 6.11. The smallest absolute Gasteiger partial charge is 0.218 e. The second-order valence-electron chi connectivity index (χ2n) is 28.5. The van der Waals surface area contributed by atoms with Crippen LogP contribution in [0.25, 0.3) is 64.7 Å². The number of terminal acetylenes is 1. The van der Waals surface area contributed by atoms with E-state index < -0.39 is 0 Å². The number of carbonyl (C=O) groups excluding carboxylic acids is 5. The SMILES string of the molecule is [C-]#[N+]c1ccc(-n2c(C)c(C(=O)CN3CCC(O)CC3)c3ncc(C(C)CC(N)=O)cc32)cc1.[C-]#[N+]c1ccc(-n2c(C)c(C(=O)CN3CCC(O)CC3)c3ncc(CCC(=O)CCCCC#C)cc32)cc1.[C-]#[N+]c1ccc(-n2c(C)c(C(=O)CN3CCCCC3)c3ncc(CN4CCCC4)cc32)cc1. The first-order chi connectivity index (χ1) is 50.8. The zero-order valence-corrected chi connectivity index (χ0v) is 60.8. The summed E-state index contributed by atoms with van der Waals surface area (Å²) in [7, 11) is 0. The van der Waals surface area contributed by atoms with E-state index in [0.717, 1.165) is 118 Å². The Morgan fingerprint density at radius 1 is 0.524 bits per heavy atom. The Balaban J connectivity index is 0.000000158. The molecule has 1 amide bonds. The molecule has 1 atom stereocenters. The molecule has 6 aromatic heterocycles. The highest BCUT2D eigenvalue weighted by atomic mass is 16.3. The van der Waals surface area contributed by atoms with Crippen LogP contribution in [0.5, 0.6) is 0 Å². The fraction of sp³-hybridized carbons (Fsp3) is 0.417. The molecule has 0 bridgehead atoms. The maximum absolute atomic E-state index is 13.6. The van der Waals surface area contributed by atoms with Crippen LogP contribution in [-0.4, -0.2) is 172 Å². The van der Waals surface area contributed by atoms with E-state index in [1.165, 1.54) is 37.7 Å². The summed E-state index contributed by atoms with van der Waals surface area (Å²) in [6, 6.07) is 28.3. The molecule has 9 aromatic rings. The quantitative estimate of drug-likeness (QED) is 0.0221. The van der Waals surface area contributed by atoms with Gasteiger partial charge in [-0.2, -0.15) is 0 Å². The Labute approximate surface area is 615 Å². The van der Waals surface area contributed by atoms with Crippen molar-refractivity contribution in [3.8, 4) is 29.4 Å². The summed E-state index contributed by atoms with van der Waals surface area (Å²) in [6.45, 7) is 38.4. The first-order valence-corrected chi connectivity index (χ1v) is 36.9. The number of nitrogens with two attached hydrogens (primary N) is 1. The van der Waals surface area contributed by atoms with Crippen LogP contribution in [0.15, 0.2) is 110 Å². The van der Waals surface area contributed by atoms with Crippen molar-refractivity contribution in [1.82, 2.24) is 48.3 Å². The van der Waals surface area contributed by atoms with Crippen LogP contribution in [0.3, 0.4) is 0 Å². The van der Waals surface area contributed by atoms with Gasteiger partial charge in [-0.3, -0.25) is 58.5 Å². The molecule has 3 aromatic carbocycles. The average molecular weight is 1410 g/mol. The van der Waals surface area contributed by atoms with Gasteiger partial charge in [0.2, 0.25) is 5.91 Å². The number of likely N-dealkylation sites (tertiary alicyclic amines) is 4. The van der Waals surface area contributed by atoms with E-state index in [1.807, 2.05) is 104 Å². The Morgan fingerprint density at radius 3 is 1.32 bits per heavy atom. The van der Waals surface area contributed by atoms with E-state index in [0.29, 0.717) is 123 Å². The second-order valence-corrected chi connectivity index (χ2v) is 28.5. The molecule has 21 nitrogen and oxygen atoms in total. The molecule has 0 spiro atoms. The predicted molar refractivity (Wildman–Crippen MR) is 410 cm³/mol. The van der Waals surface area contributed by atoms with E-state index in [4.69, 9.17) is 41.8 Å². The van der Waals surface area contributed by atoms with Crippen LogP contribution < -0.4 is 5.73 Å². The molecule has 4 aliphatic rings. The number of amides is 1. The molecule has 4 fully saturated rings. The summed E-state index contributed by atoms with van der Waals surface area (Å²) < 4.78 is 6.16. The summed E-state index contributed by atoms with van der Waals surface area (Å²) in [5.74, 6) is 2.47. The van der Waals surface area contributed by atoms with Crippen LogP contribution in [-0.2, 0) is 22.6 Å². The van der Waals surface area contributed by atoms with Crippen molar-refractivity contribution in [3.05, 3.63) is 194 Å². The molecule has 0 radical (unpaired) electrons. The predicted octanol–water partition coefficient (Wildman–Crippen LogP) is 13.9. The molecule has 105 heavy (non-hydrogen) atoms. The van der Waals surface area contributed by atoms with E-state index in [1.54, 1.807) is 36.7 Å². The molecule has 13 rings (SSSR count). The number of fused-ring (bicyclic) bond motifs is 3. The van der Waals surface area contributed by atoms with E-state index in [-0.39, 0.29) is 66.7 Å². The van der Waals surface area contributed by atoms with Gasteiger partial charge >= 0.3 is 0 Å². The minimum Gasteiger partial charge on any atom is -0.393 e. The van der Waals surface area contributed by atoms with Gasteiger partial charge in [0.15, 0.2) is 34.4 Å². The maximum Gasteiger partial charge on any atom is 0.218 e. The van der Waals surface area contributed by atoms with Gasteiger partial charge in [-0.25, -0.2) is 14.5 Å². The third-order valence-electron chi connectivity index (χ3n) is 20.9. The topological polar surface area (TPSA) is 231 Å². The van der Waals surface area contributed by atoms with Crippen molar-refractivity contribution < 1.29 is 34.2 Å². The van der Waals surface area contributed by atoms with Gasteiger partial charge in [0, 0.05) is 111 Å². The lowest BCUT2D eigenvalue weighted by atomic mass is 9.98. The minimum atomic E-state index is -0.378. The van der Waals surface area contributed by atoms with Gasteiger partial charge in [0.1, 0.15) is 5.78 Å². The molecule has 0 aliphatic carbocycles. The normalized spacial score (nSPS) is 15.8. The van der Waals surface area contributed by atoms with Gasteiger partial charge < -0.3 is 29.6 Å². The Kier molecular flexibility index (Phi) is 25.6. The minimum absolute atomic E-state index is 0.00261. The molecular weight excluding hydrogens is 1320 g/mol. The fourth-order valence-corrected chi connectivity index (χ4v) is 15.2. The number of benzene rings is 3. The molecule has 4 N–H and O–H groups in total. The van der Waals surface area contributed by atoms with Gasteiger partial charge in [-0.05, 0) is 195 Å². The molecule has 21 heteroatoms. The van der Waals surface area contributed by atoms with Crippen molar-refractivity contribution in [2.45, 2.75) is 155 Å². The number of hydrogen-bond acceptors (Lipinski definition) is 14. The molecule has 4 aliphatic heterocycles. The number of hydrogen-bond donors (Lipinski definition) is 3. The van der Waals surface area contributed by atoms with Crippen molar-refractivity contribution in [2.75, 3.05) is 72.0 Å². The van der Waals surface area contributed by atoms with Crippen LogP contribution in [0, 0.1) is 52.8 Å². The van der Waals surface area contributed by atoms with Crippen LogP contribution in [0.1, 0.15) is 174 Å². The lowest BCUT2D eigenvalue weighted by Gasteiger charge is -2.28. The van der Waals surface area contributed by atoms with Crippen LogP contribution in [0.4, 0.5) is 17.1 Å². The van der Waals surface area contributed by atoms with Gasteiger partial charge in [-0.15, -0.1) is 12.3 Å². The number of Topliss-reactive ketones (excluding diaryl/α,β-unsaturated/α-hetero) is 4. The first-order valence-electron chi connectivity index (χ1n) is 36.9. The Morgan fingerprint density at radius 2 is 0.905 bits per heavy atom. The van der Waals surface area contributed by atoms with E-state index in [9.17, 15) is 34.2 Å². The number of aliphatic hydroxyl groups is 2. The van der Waals surface area contributed by atoms with Gasteiger partial charge in [-0.1, -0.05) is 49.7 Å². The number of nitrogens with zero attached hydrogens (tertiary/aromatic N) is 13. The largest absolute Gasteiger partial charge is 0.393 e. The maximum atomic E-state index is 13.6. The Hall–Kier alpha value is -10.3. The third-order valence-corrected chi connectivity index (χ3v) is 20.9. The summed E-state index contributed by atoms with van der Waals surface area (Å²) in [6.07, 6.45) is 23.1. The number of unbranched alkanes of at least 4 members (excludes halogenated alkanes) is 2. The highest BCUT2D eigenvalue weighted by Gasteiger charge is 2.30. The zero-order chi connectivity index (χ0) is 74.3. The van der Waals surface area contributed by atoms with Gasteiger partial charge in [0.25, 0.3) is 0 Å². The zero-order valence-electron chi connectivity index (χ0n) is 60.8. The van der Waals surface area contributed by atoms with Crippen molar-refractivity contribution >= 4 is 79.2 Å². The number of ketones is 4. The monoisotopic (exact) mass is 1410 g/mol. The van der Waals surface area contributed by atoms with Gasteiger partial charge in [0.05, 0.1) is 101 Å². The molecule has 542 valence electrons. The summed E-state index contributed by atoms with van der Waals surface area (Å²) in [5.41, 5.74) is 21.7. The lowest BCUT2D eigenvalue weighted by Crippen LogP contribution is -2.39. The number of rotatable bonds is 24. The summed E-state index contributed by atoms with van der Waals surface area (Å²) in [4.78, 5) is 98.0. The number of piperidine rings is 3. The molecular formula is C84H94N14O7.